The van der Waals surface area contributed by atoms with Crippen molar-refractivity contribution < 1.29 is 22.7 Å². The van der Waals surface area contributed by atoms with Crippen LogP contribution in [-0.4, -0.2) is 61.6 Å². The lowest BCUT2D eigenvalue weighted by molar-refractivity contribution is -0.125. The highest BCUT2D eigenvalue weighted by Crippen LogP contribution is 2.37. The number of sulfonamides is 1. The lowest BCUT2D eigenvalue weighted by atomic mass is 9.88. The van der Waals surface area contributed by atoms with Crippen LogP contribution < -0.4 is 11.1 Å². The van der Waals surface area contributed by atoms with E-state index >= 15 is 0 Å². The Hall–Kier alpha value is -3.21. The van der Waals surface area contributed by atoms with Gasteiger partial charge in [0, 0.05) is 37.8 Å². The lowest BCUT2D eigenvalue weighted by Crippen LogP contribution is -2.38. The van der Waals surface area contributed by atoms with E-state index in [0.717, 1.165) is 34.1 Å². The predicted octanol–water partition coefficient (Wildman–Crippen LogP) is 3.12. The summed E-state index contributed by atoms with van der Waals surface area (Å²) >= 11 is 0. The van der Waals surface area contributed by atoms with Gasteiger partial charge in [-0.05, 0) is 72.6 Å². The summed E-state index contributed by atoms with van der Waals surface area (Å²) in [6, 6.07) is 11.7. The van der Waals surface area contributed by atoms with Crippen LogP contribution in [0.5, 0.6) is 0 Å². The summed E-state index contributed by atoms with van der Waals surface area (Å²) in [5.74, 6) is -0.339. The summed E-state index contributed by atoms with van der Waals surface area (Å²) in [6.07, 6.45) is 4.09. The summed E-state index contributed by atoms with van der Waals surface area (Å²) in [5, 5.41) is 3.92. The third kappa shape index (κ3) is 5.34. The van der Waals surface area contributed by atoms with E-state index in [2.05, 4.69) is 16.4 Å². The molecule has 38 heavy (non-hydrogen) atoms. The van der Waals surface area contributed by atoms with Gasteiger partial charge >= 0.3 is 0 Å². The van der Waals surface area contributed by atoms with Gasteiger partial charge in [0.25, 0.3) is 5.91 Å². The molecule has 1 atom stereocenters. The Labute approximate surface area is 222 Å². The SMILES string of the molecule is CCS(=O)(=O)N1CCC(c2c[nH]c3c(C(N)=O)cc(-c4cccc(CNC(=O)C5CCOC5)c4)cc23)CC1. The second-order valence-corrected chi connectivity index (χ2v) is 12.4. The number of nitrogens with zero attached hydrogens (tertiary/aromatic N) is 1. The van der Waals surface area contributed by atoms with Crippen LogP contribution in [-0.2, 0) is 26.1 Å². The molecule has 4 N–H and O–H groups in total. The van der Waals surface area contributed by atoms with E-state index in [1.807, 2.05) is 30.5 Å². The Kier molecular flexibility index (Phi) is 7.56. The lowest BCUT2D eigenvalue weighted by Gasteiger charge is -2.31. The van der Waals surface area contributed by atoms with Gasteiger partial charge in [0.05, 0.1) is 29.4 Å². The molecule has 0 radical (unpaired) electrons. The Bertz CT molecular complexity index is 1450. The van der Waals surface area contributed by atoms with Gasteiger partial charge in [-0.15, -0.1) is 0 Å². The molecule has 0 aliphatic carbocycles. The third-order valence-electron chi connectivity index (χ3n) is 7.77. The molecule has 1 aromatic heterocycles. The molecule has 202 valence electrons. The maximum absolute atomic E-state index is 12.4. The number of hydrogen-bond acceptors (Lipinski definition) is 5. The molecule has 2 aliphatic rings. The van der Waals surface area contributed by atoms with E-state index in [1.54, 1.807) is 17.3 Å². The molecular weight excluding hydrogens is 504 g/mol. The zero-order chi connectivity index (χ0) is 26.9. The number of aromatic nitrogens is 1. The summed E-state index contributed by atoms with van der Waals surface area (Å²) < 4.78 is 31.5. The minimum atomic E-state index is -3.20. The third-order valence-corrected chi connectivity index (χ3v) is 9.65. The van der Waals surface area contributed by atoms with Crippen LogP contribution in [0.3, 0.4) is 0 Å². The molecule has 2 fully saturated rings. The molecule has 3 heterocycles. The maximum Gasteiger partial charge on any atom is 0.250 e. The van der Waals surface area contributed by atoms with Crippen molar-refractivity contribution in [2.45, 2.75) is 38.6 Å². The quantitative estimate of drug-likeness (QED) is 0.405. The van der Waals surface area contributed by atoms with Crippen LogP contribution in [0, 0.1) is 5.92 Å². The zero-order valence-electron chi connectivity index (χ0n) is 21.5. The standard InChI is InChI=1S/C28H34N4O5S/c1-2-38(35,36)32-9-6-19(7-10-32)25-16-30-26-23(25)13-22(14-24(26)27(29)33)20-5-3-4-18(12-20)15-31-28(34)21-8-11-37-17-21/h3-5,12-14,16,19,21,30H,2,6-11,15,17H2,1H3,(H2,29,33)(H,31,34). The Morgan fingerprint density at radius 1 is 1.13 bits per heavy atom. The number of carbonyl (C=O) groups excluding carboxylic acids is 2. The number of ether oxygens (including phenoxy) is 1. The first-order chi connectivity index (χ1) is 18.3. The molecule has 2 aromatic carbocycles. The Balaban J connectivity index is 1.41. The monoisotopic (exact) mass is 538 g/mol. The van der Waals surface area contributed by atoms with Crippen molar-refractivity contribution in [1.29, 1.82) is 0 Å². The highest BCUT2D eigenvalue weighted by Gasteiger charge is 2.29. The van der Waals surface area contributed by atoms with E-state index < -0.39 is 15.9 Å². The predicted molar refractivity (Wildman–Crippen MR) is 146 cm³/mol. The van der Waals surface area contributed by atoms with Crippen molar-refractivity contribution in [3.8, 4) is 11.1 Å². The Morgan fingerprint density at radius 2 is 1.92 bits per heavy atom. The highest BCUT2D eigenvalue weighted by atomic mass is 32.2. The Morgan fingerprint density at radius 3 is 2.61 bits per heavy atom. The molecular formula is C28H34N4O5S. The van der Waals surface area contributed by atoms with Gasteiger partial charge in [-0.2, -0.15) is 0 Å². The van der Waals surface area contributed by atoms with E-state index in [-0.39, 0.29) is 23.5 Å². The van der Waals surface area contributed by atoms with Crippen LogP contribution in [0.25, 0.3) is 22.0 Å². The number of aromatic amines is 1. The smallest absolute Gasteiger partial charge is 0.250 e. The fraction of sp³-hybridized carbons (Fsp3) is 0.429. The normalized spacial score (nSPS) is 19.1. The van der Waals surface area contributed by atoms with E-state index in [4.69, 9.17) is 10.5 Å². The summed E-state index contributed by atoms with van der Waals surface area (Å²) in [5.41, 5.74) is 10.7. The van der Waals surface area contributed by atoms with Gasteiger partial charge in [0.2, 0.25) is 15.9 Å². The number of nitrogens with two attached hydrogens (primary N) is 1. The molecule has 9 nitrogen and oxygen atoms in total. The number of rotatable bonds is 8. The first kappa shape index (κ1) is 26.4. The van der Waals surface area contributed by atoms with Crippen molar-refractivity contribution in [2.75, 3.05) is 32.1 Å². The molecule has 0 spiro atoms. The molecule has 10 heteroatoms. The van der Waals surface area contributed by atoms with Crippen molar-refractivity contribution in [2.24, 2.45) is 11.7 Å². The molecule has 2 amide bonds. The first-order valence-corrected chi connectivity index (χ1v) is 14.7. The fourth-order valence-electron chi connectivity index (χ4n) is 5.51. The minimum Gasteiger partial charge on any atom is -0.381 e. The van der Waals surface area contributed by atoms with E-state index in [0.29, 0.717) is 56.8 Å². The average molecular weight is 539 g/mol. The van der Waals surface area contributed by atoms with Crippen molar-refractivity contribution in [3.63, 3.8) is 0 Å². The molecule has 2 saturated heterocycles. The maximum atomic E-state index is 12.4. The number of fused-ring (bicyclic) bond motifs is 1. The van der Waals surface area contributed by atoms with Gasteiger partial charge in [0.1, 0.15) is 0 Å². The summed E-state index contributed by atoms with van der Waals surface area (Å²) in [6.45, 7) is 4.13. The van der Waals surface area contributed by atoms with E-state index in [1.165, 1.54) is 0 Å². The number of hydrogen-bond donors (Lipinski definition) is 3. The van der Waals surface area contributed by atoms with Crippen molar-refractivity contribution in [3.05, 3.63) is 59.3 Å². The number of primary amides is 1. The van der Waals surface area contributed by atoms with Gasteiger partial charge in [-0.25, -0.2) is 12.7 Å². The summed E-state index contributed by atoms with van der Waals surface area (Å²) in [7, 11) is -3.20. The topological polar surface area (TPSA) is 135 Å². The fourth-order valence-corrected chi connectivity index (χ4v) is 6.65. The largest absolute Gasteiger partial charge is 0.381 e. The average Bonchev–Trinajstić information content (AvgIpc) is 3.62. The molecule has 0 bridgehead atoms. The van der Waals surface area contributed by atoms with Crippen LogP contribution >= 0.6 is 0 Å². The highest BCUT2D eigenvalue weighted by molar-refractivity contribution is 7.89. The zero-order valence-corrected chi connectivity index (χ0v) is 22.4. The van der Waals surface area contributed by atoms with Crippen LogP contribution in [0.4, 0.5) is 0 Å². The number of H-pyrrole nitrogens is 1. The second kappa shape index (κ2) is 10.9. The molecule has 3 aromatic rings. The number of carbonyl (C=O) groups is 2. The van der Waals surface area contributed by atoms with Gasteiger partial charge in [-0.1, -0.05) is 18.2 Å². The van der Waals surface area contributed by atoms with Crippen molar-refractivity contribution >= 4 is 32.7 Å². The van der Waals surface area contributed by atoms with Gasteiger partial charge < -0.3 is 20.8 Å². The molecule has 5 rings (SSSR count). The number of nitrogens with one attached hydrogen (secondary N) is 2. The molecule has 2 aliphatic heterocycles. The van der Waals surface area contributed by atoms with Gasteiger partial charge in [0.15, 0.2) is 0 Å². The van der Waals surface area contributed by atoms with Crippen molar-refractivity contribution in [1.82, 2.24) is 14.6 Å². The minimum absolute atomic E-state index is 0.0000798. The van der Waals surface area contributed by atoms with E-state index in [9.17, 15) is 18.0 Å². The number of piperidine rings is 1. The number of benzene rings is 2. The first-order valence-electron chi connectivity index (χ1n) is 13.1. The van der Waals surface area contributed by atoms with Gasteiger partial charge in [-0.3, -0.25) is 9.59 Å². The molecule has 1 unspecified atom stereocenters. The van der Waals surface area contributed by atoms with Crippen LogP contribution in [0.2, 0.25) is 0 Å². The second-order valence-electron chi connectivity index (χ2n) is 10.1. The van der Waals surface area contributed by atoms with Crippen LogP contribution in [0.15, 0.2) is 42.6 Å². The molecule has 0 saturated carbocycles. The number of amides is 2. The van der Waals surface area contributed by atoms with Crippen LogP contribution in [0.1, 0.15) is 53.6 Å². The summed E-state index contributed by atoms with van der Waals surface area (Å²) in [4.78, 5) is 28.1.